The molecule has 17 nitrogen and oxygen atoms in total. The third-order valence-corrected chi connectivity index (χ3v) is 11.3. The van der Waals surface area contributed by atoms with Gasteiger partial charge in [0.25, 0.3) is 5.91 Å². The van der Waals surface area contributed by atoms with Crippen molar-refractivity contribution in [3.05, 3.63) is 131 Å². The average Bonchev–Trinajstić information content (AvgIpc) is 4.00. The van der Waals surface area contributed by atoms with Crippen LogP contribution in [0.1, 0.15) is 97.6 Å². The highest BCUT2D eigenvalue weighted by Gasteiger charge is 2.28. The standard InChI is InChI=1S/C34H35N5O6.C19H21N3O3/c1-3-15-45-16-7-10-30(40)23-18-24(33(43)29(19-23)39-36-27-8-5-6-9-28(27)37-39)21-38(4-2)25-13-11-22(12-14-25)17-26-31(41)20-32(42)35-34(26)44;1-2-11-25-12-5-8-18(23)14-9-10-19(24)17(13-14)22-20-15-6-3-4-7-16(15)21-22/h5-6,8-9,11-14,17-19,43H,3-4,7,10,15-16,20-21H2,1-2H3,(H,35,42,44);3-4,6-7,9-10,13,24H,2,5,8,11-12H2,1H3/b26-17+;. The molecule has 3 N–H and O–H groups in total. The van der Waals surface area contributed by atoms with E-state index in [1.807, 2.05) is 79.4 Å². The molecule has 0 unspecified atom stereocenters. The number of rotatable bonds is 21. The molecule has 5 aromatic carbocycles. The number of carbonyl (C=O) groups is 5. The number of ether oxygens (including phenoxy) is 2. The van der Waals surface area contributed by atoms with E-state index in [1.165, 1.54) is 21.7 Å². The molecule has 362 valence electrons. The van der Waals surface area contributed by atoms with Gasteiger partial charge in [0.1, 0.15) is 44.9 Å². The fraction of sp³-hybridized carbons (Fsp3) is 0.302. The van der Waals surface area contributed by atoms with Gasteiger partial charge >= 0.3 is 0 Å². The Bertz CT molecular complexity index is 2940. The van der Waals surface area contributed by atoms with Gasteiger partial charge in [-0.15, -0.1) is 30.0 Å². The van der Waals surface area contributed by atoms with Gasteiger partial charge < -0.3 is 24.6 Å². The first-order valence-electron chi connectivity index (χ1n) is 23.5. The van der Waals surface area contributed by atoms with Gasteiger partial charge in [-0.05, 0) is 111 Å². The molecule has 7 aromatic rings. The summed E-state index contributed by atoms with van der Waals surface area (Å²) in [5, 5.41) is 41.6. The van der Waals surface area contributed by atoms with Crippen LogP contribution in [0, 0.1) is 0 Å². The second-order valence-corrected chi connectivity index (χ2v) is 16.6. The minimum Gasteiger partial charge on any atom is -0.506 e. The summed E-state index contributed by atoms with van der Waals surface area (Å²) in [6.45, 7) is 9.37. The predicted octanol–water partition coefficient (Wildman–Crippen LogP) is 8.06. The first-order valence-corrected chi connectivity index (χ1v) is 23.5. The molecule has 0 bridgehead atoms. The van der Waals surface area contributed by atoms with Crippen LogP contribution in [0.3, 0.4) is 0 Å². The Hall–Kier alpha value is -7.89. The summed E-state index contributed by atoms with van der Waals surface area (Å²) < 4.78 is 10.9. The first kappa shape index (κ1) is 50.0. The molecule has 1 aliphatic rings. The second kappa shape index (κ2) is 23.9. The summed E-state index contributed by atoms with van der Waals surface area (Å²) in [4.78, 5) is 66.2. The molecule has 8 rings (SSSR count). The van der Waals surface area contributed by atoms with Crippen molar-refractivity contribution in [3.63, 3.8) is 0 Å². The lowest BCUT2D eigenvalue weighted by molar-refractivity contribution is -0.134. The number of piperidine rings is 1. The van der Waals surface area contributed by atoms with Crippen molar-refractivity contribution < 1.29 is 43.7 Å². The van der Waals surface area contributed by atoms with Crippen LogP contribution in [0.4, 0.5) is 5.69 Å². The molecule has 0 radical (unpaired) electrons. The molecule has 70 heavy (non-hydrogen) atoms. The Morgan fingerprint density at radius 2 is 1.20 bits per heavy atom. The van der Waals surface area contributed by atoms with E-state index in [0.717, 1.165) is 36.2 Å². The van der Waals surface area contributed by atoms with Crippen molar-refractivity contribution >= 4 is 63.0 Å². The van der Waals surface area contributed by atoms with Crippen LogP contribution in [0.2, 0.25) is 0 Å². The van der Waals surface area contributed by atoms with Crippen LogP contribution in [0.5, 0.6) is 11.5 Å². The van der Waals surface area contributed by atoms with Gasteiger partial charge in [0.05, 0.1) is 12.0 Å². The summed E-state index contributed by atoms with van der Waals surface area (Å²) in [7, 11) is 0. The number of nitrogens with zero attached hydrogens (tertiary/aromatic N) is 7. The molecule has 17 heteroatoms. The number of ketones is 3. The number of phenolic OH excluding ortho intramolecular Hbond substituents is 2. The lowest BCUT2D eigenvalue weighted by Gasteiger charge is -2.25. The molecule has 0 spiro atoms. The topological polar surface area (TPSA) is 221 Å². The number of amides is 2. The maximum absolute atomic E-state index is 13.3. The van der Waals surface area contributed by atoms with E-state index < -0.39 is 17.6 Å². The number of carbonyl (C=O) groups excluding carboxylic acids is 5. The number of aromatic hydroxyl groups is 2. The van der Waals surface area contributed by atoms with E-state index in [-0.39, 0.29) is 41.6 Å². The maximum atomic E-state index is 13.3. The van der Waals surface area contributed by atoms with E-state index in [0.29, 0.717) is 96.7 Å². The Balaban J connectivity index is 0.000000243. The average molecular weight is 949 g/mol. The highest BCUT2D eigenvalue weighted by atomic mass is 16.5. The molecular weight excluding hydrogens is 893 g/mol. The van der Waals surface area contributed by atoms with Crippen molar-refractivity contribution in [2.24, 2.45) is 0 Å². The van der Waals surface area contributed by atoms with Gasteiger partial charge in [0.15, 0.2) is 17.3 Å². The SMILES string of the molecule is CCCOCCCC(=O)c1cc(CN(CC)c2ccc(/C=C3\C(=O)CC(=O)NC3=O)cc2)c(O)c(-n2nc3ccccc3n2)c1.CCCOCCCC(=O)c1ccc(O)c(-n2nc3ccccc3n2)c1. The molecule has 0 aliphatic carbocycles. The Kier molecular flexibility index (Phi) is 17.1. The lowest BCUT2D eigenvalue weighted by atomic mass is 10.00. The highest BCUT2D eigenvalue weighted by molar-refractivity contribution is 6.32. The van der Waals surface area contributed by atoms with Gasteiger partial charge in [-0.1, -0.05) is 50.2 Å². The molecule has 0 atom stereocenters. The summed E-state index contributed by atoms with van der Waals surface area (Å²) in [6.07, 6.45) is 4.96. The van der Waals surface area contributed by atoms with Crippen LogP contribution in [-0.4, -0.2) is 102 Å². The van der Waals surface area contributed by atoms with Crippen molar-refractivity contribution in [1.29, 1.82) is 0 Å². The fourth-order valence-electron chi connectivity index (χ4n) is 7.65. The van der Waals surface area contributed by atoms with Crippen LogP contribution in [0.15, 0.2) is 109 Å². The van der Waals surface area contributed by atoms with Gasteiger partial charge in [0, 0.05) is 74.7 Å². The Labute approximate surface area is 404 Å². The zero-order valence-corrected chi connectivity index (χ0v) is 39.5. The number of anilines is 1. The van der Waals surface area contributed by atoms with Gasteiger partial charge in [-0.25, -0.2) is 0 Å². The van der Waals surface area contributed by atoms with E-state index in [4.69, 9.17) is 9.47 Å². The Morgan fingerprint density at radius 1 is 0.671 bits per heavy atom. The summed E-state index contributed by atoms with van der Waals surface area (Å²) >= 11 is 0. The molecule has 3 heterocycles. The number of imide groups is 1. The quantitative estimate of drug-likeness (QED) is 0.0155. The van der Waals surface area contributed by atoms with E-state index in [9.17, 15) is 34.2 Å². The summed E-state index contributed by atoms with van der Waals surface area (Å²) in [5.74, 6) is -1.89. The normalized spacial score (nSPS) is 13.1. The minimum absolute atomic E-state index is 0.0121. The molecule has 2 amide bonds. The zero-order chi connectivity index (χ0) is 49.6. The van der Waals surface area contributed by atoms with Crippen molar-refractivity contribution in [1.82, 2.24) is 35.3 Å². The number of Topliss-reactive ketones (excluding diaryl/α,β-unsaturated/α-hetero) is 3. The number of benzene rings is 5. The second-order valence-electron chi connectivity index (χ2n) is 16.6. The van der Waals surface area contributed by atoms with Gasteiger partial charge in [-0.2, -0.15) is 0 Å². The van der Waals surface area contributed by atoms with E-state index >= 15 is 0 Å². The zero-order valence-electron chi connectivity index (χ0n) is 39.5. The third kappa shape index (κ3) is 12.6. The van der Waals surface area contributed by atoms with Crippen LogP contribution in [0.25, 0.3) is 39.5 Å². The first-order chi connectivity index (χ1) is 34.0. The molecule has 0 saturated carbocycles. The number of nitrogens with one attached hydrogen (secondary N) is 1. The van der Waals surface area contributed by atoms with Crippen molar-refractivity contribution in [2.45, 2.75) is 72.3 Å². The number of fused-ring (bicyclic) bond motifs is 2. The molecule has 2 aromatic heterocycles. The monoisotopic (exact) mass is 948 g/mol. The largest absolute Gasteiger partial charge is 0.506 e. The minimum atomic E-state index is -0.704. The van der Waals surface area contributed by atoms with Crippen LogP contribution in [-0.2, 0) is 30.4 Å². The predicted molar refractivity (Wildman–Crippen MR) is 264 cm³/mol. The smallest absolute Gasteiger partial charge is 0.261 e. The van der Waals surface area contributed by atoms with Crippen molar-refractivity contribution in [2.75, 3.05) is 37.9 Å². The highest BCUT2D eigenvalue weighted by Crippen LogP contribution is 2.32. The number of phenols is 2. The molecule has 1 fully saturated rings. The maximum Gasteiger partial charge on any atom is 0.261 e. The number of aromatic nitrogens is 6. The molecular formula is C53H56N8O9. The van der Waals surface area contributed by atoms with Crippen LogP contribution < -0.4 is 10.2 Å². The third-order valence-electron chi connectivity index (χ3n) is 11.3. The van der Waals surface area contributed by atoms with Gasteiger partial charge in [-0.3, -0.25) is 29.3 Å². The fourth-order valence-corrected chi connectivity index (χ4v) is 7.65. The number of hydrogen-bond donors (Lipinski definition) is 3. The van der Waals surface area contributed by atoms with Crippen LogP contribution >= 0.6 is 0 Å². The molecule has 1 aliphatic heterocycles. The lowest BCUT2D eigenvalue weighted by Crippen LogP contribution is -2.40. The Morgan fingerprint density at radius 3 is 1.73 bits per heavy atom. The molecule has 1 saturated heterocycles. The summed E-state index contributed by atoms with van der Waals surface area (Å²) in [6, 6.07) is 30.2. The van der Waals surface area contributed by atoms with E-state index in [2.05, 4.69) is 32.6 Å². The van der Waals surface area contributed by atoms with E-state index in [1.54, 1.807) is 36.4 Å². The summed E-state index contributed by atoms with van der Waals surface area (Å²) in [5.41, 5.74) is 6.37. The number of hydrogen-bond acceptors (Lipinski definition) is 14. The van der Waals surface area contributed by atoms with Crippen molar-refractivity contribution in [3.8, 4) is 22.9 Å². The van der Waals surface area contributed by atoms with Gasteiger partial charge in [0.2, 0.25) is 5.91 Å².